The molecule has 0 saturated carbocycles. The zero-order valence-corrected chi connectivity index (χ0v) is 11.0. The maximum Gasteiger partial charge on any atom is 0.375 e. The van der Waals surface area contributed by atoms with E-state index in [4.69, 9.17) is 16.7 Å². The summed E-state index contributed by atoms with van der Waals surface area (Å²) >= 11 is 5.78. The molecular formula is C12H11ClFN3O2. The van der Waals surface area contributed by atoms with Crippen LogP contribution >= 0.6 is 11.6 Å². The maximum absolute atomic E-state index is 13.3. The SMILES string of the molecule is CC(C)c1nc(C(=O)O)nn1-c1cc(F)cc(Cl)c1. The Hall–Kier alpha value is -1.95. The second-order valence-electron chi connectivity index (χ2n) is 4.29. The molecule has 0 aliphatic carbocycles. The Morgan fingerprint density at radius 1 is 1.42 bits per heavy atom. The van der Waals surface area contributed by atoms with Crippen molar-refractivity contribution in [3.05, 3.63) is 40.7 Å². The van der Waals surface area contributed by atoms with Crippen molar-refractivity contribution in [1.29, 1.82) is 0 Å². The molecule has 5 nitrogen and oxygen atoms in total. The van der Waals surface area contributed by atoms with Crippen molar-refractivity contribution in [3.63, 3.8) is 0 Å². The lowest BCUT2D eigenvalue weighted by atomic mass is 10.2. The van der Waals surface area contributed by atoms with Gasteiger partial charge in [0.25, 0.3) is 5.82 Å². The third-order valence-corrected chi connectivity index (χ3v) is 2.65. The van der Waals surface area contributed by atoms with Crippen molar-refractivity contribution in [2.75, 3.05) is 0 Å². The summed E-state index contributed by atoms with van der Waals surface area (Å²) in [7, 11) is 0. The summed E-state index contributed by atoms with van der Waals surface area (Å²) in [6, 6.07) is 3.88. The van der Waals surface area contributed by atoms with Crippen LogP contribution in [0.1, 0.15) is 36.2 Å². The second kappa shape index (κ2) is 4.97. The standard InChI is InChI=1S/C12H11ClFN3O2/c1-6(2)11-15-10(12(18)19)16-17(11)9-4-7(13)3-8(14)5-9/h3-6H,1-2H3,(H,18,19). The van der Waals surface area contributed by atoms with E-state index in [2.05, 4.69) is 10.1 Å². The average Bonchev–Trinajstić information content (AvgIpc) is 2.72. The molecule has 2 aromatic rings. The summed E-state index contributed by atoms with van der Waals surface area (Å²) in [5.41, 5.74) is 0.341. The molecule has 1 aromatic carbocycles. The molecule has 0 saturated heterocycles. The van der Waals surface area contributed by atoms with Gasteiger partial charge in [-0.05, 0) is 18.2 Å². The molecule has 0 radical (unpaired) electrons. The Labute approximate surface area is 113 Å². The third-order valence-electron chi connectivity index (χ3n) is 2.43. The van der Waals surface area contributed by atoms with Gasteiger partial charge in [0.1, 0.15) is 11.6 Å². The molecule has 0 amide bonds. The van der Waals surface area contributed by atoms with Gasteiger partial charge in [0, 0.05) is 10.9 Å². The van der Waals surface area contributed by atoms with Crippen LogP contribution in [0.4, 0.5) is 4.39 Å². The fourth-order valence-electron chi connectivity index (χ4n) is 1.64. The predicted molar refractivity (Wildman–Crippen MR) is 67.4 cm³/mol. The number of aromatic carboxylic acids is 1. The molecule has 7 heteroatoms. The highest BCUT2D eigenvalue weighted by molar-refractivity contribution is 6.30. The van der Waals surface area contributed by atoms with Gasteiger partial charge in [-0.3, -0.25) is 0 Å². The van der Waals surface area contributed by atoms with Crippen molar-refractivity contribution >= 4 is 17.6 Å². The van der Waals surface area contributed by atoms with Gasteiger partial charge >= 0.3 is 5.97 Å². The molecule has 0 unspecified atom stereocenters. The minimum Gasteiger partial charge on any atom is -0.475 e. The predicted octanol–water partition coefficient (Wildman–Crippen LogP) is 2.88. The minimum absolute atomic E-state index is 0.0670. The molecule has 0 spiro atoms. The Morgan fingerprint density at radius 2 is 2.11 bits per heavy atom. The Morgan fingerprint density at radius 3 is 2.63 bits per heavy atom. The zero-order valence-electron chi connectivity index (χ0n) is 10.3. The van der Waals surface area contributed by atoms with Crippen LogP contribution < -0.4 is 0 Å². The first-order chi connectivity index (χ1) is 8.88. The number of rotatable bonds is 3. The highest BCUT2D eigenvalue weighted by Crippen LogP contribution is 2.21. The summed E-state index contributed by atoms with van der Waals surface area (Å²) < 4.78 is 14.6. The van der Waals surface area contributed by atoms with Gasteiger partial charge in [-0.1, -0.05) is 25.4 Å². The third kappa shape index (κ3) is 2.73. The first kappa shape index (κ1) is 13.5. The fourth-order valence-corrected chi connectivity index (χ4v) is 1.86. The summed E-state index contributed by atoms with van der Waals surface area (Å²) in [4.78, 5) is 14.8. The highest BCUT2D eigenvalue weighted by Gasteiger charge is 2.19. The van der Waals surface area contributed by atoms with Gasteiger partial charge in [0.05, 0.1) is 5.69 Å². The second-order valence-corrected chi connectivity index (χ2v) is 4.73. The maximum atomic E-state index is 13.3. The van der Waals surface area contributed by atoms with E-state index in [-0.39, 0.29) is 16.8 Å². The number of hydrogen-bond acceptors (Lipinski definition) is 3. The lowest BCUT2D eigenvalue weighted by Crippen LogP contribution is -2.05. The van der Waals surface area contributed by atoms with Gasteiger partial charge < -0.3 is 5.11 Å². The van der Waals surface area contributed by atoms with E-state index in [1.54, 1.807) is 0 Å². The normalized spacial score (nSPS) is 11.0. The van der Waals surface area contributed by atoms with E-state index < -0.39 is 11.8 Å². The van der Waals surface area contributed by atoms with Crippen LogP contribution in [0.2, 0.25) is 5.02 Å². The van der Waals surface area contributed by atoms with E-state index in [0.717, 1.165) is 6.07 Å². The van der Waals surface area contributed by atoms with Gasteiger partial charge in [-0.15, -0.1) is 5.10 Å². The van der Waals surface area contributed by atoms with Crippen LogP contribution in [0, 0.1) is 5.82 Å². The molecule has 0 aliphatic rings. The van der Waals surface area contributed by atoms with Crippen LogP contribution in [0.25, 0.3) is 5.69 Å². The zero-order chi connectivity index (χ0) is 14.2. The van der Waals surface area contributed by atoms with E-state index in [1.807, 2.05) is 13.8 Å². The van der Waals surface area contributed by atoms with E-state index in [9.17, 15) is 9.18 Å². The molecule has 2 rings (SSSR count). The van der Waals surface area contributed by atoms with Crippen molar-refractivity contribution in [2.45, 2.75) is 19.8 Å². The molecule has 1 aromatic heterocycles. The first-order valence-electron chi connectivity index (χ1n) is 5.55. The lowest BCUT2D eigenvalue weighted by molar-refractivity contribution is 0.0683. The molecule has 1 N–H and O–H groups in total. The topological polar surface area (TPSA) is 68.0 Å². The van der Waals surface area contributed by atoms with E-state index in [1.165, 1.54) is 16.8 Å². The number of carboxylic acid groups (broad SMARTS) is 1. The summed E-state index contributed by atoms with van der Waals surface area (Å²) in [6.07, 6.45) is 0. The Balaban J connectivity index is 2.62. The Bertz CT molecular complexity index is 620. The summed E-state index contributed by atoms with van der Waals surface area (Å²) in [5, 5.41) is 13.0. The fraction of sp³-hybridized carbons (Fsp3) is 0.250. The number of carboxylic acids is 1. The van der Waals surface area contributed by atoms with Gasteiger partial charge in [-0.2, -0.15) is 0 Å². The van der Waals surface area contributed by atoms with E-state index >= 15 is 0 Å². The number of hydrogen-bond donors (Lipinski definition) is 1. The molecule has 100 valence electrons. The van der Waals surface area contributed by atoms with Crippen LogP contribution in [0.3, 0.4) is 0 Å². The monoisotopic (exact) mass is 283 g/mol. The van der Waals surface area contributed by atoms with Gasteiger partial charge in [0.15, 0.2) is 0 Å². The molecule has 0 aliphatic heterocycles. The Kier molecular flexibility index (Phi) is 3.53. The minimum atomic E-state index is -1.23. The van der Waals surface area contributed by atoms with Crippen molar-refractivity contribution in [1.82, 2.24) is 14.8 Å². The average molecular weight is 284 g/mol. The number of nitrogens with zero attached hydrogens (tertiary/aromatic N) is 3. The summed E-state index contributed by atoms with van der Waals surface area (Å²) in [5.74, 6) is -1.72. The van der Waals surface area contributed by atoms with Gasteiger partial charge in [-0.25, -0.2) is 18.9 Å². The van der Waals surface area contributed by atoms with Crippen LogP contribution in [0.5, 0.6) is 0 Å². The number of benzene rings is 1. The molecule has 19 heavy (non-hydrogen) atoms. The highest BCUT2D eigenvalue weighted by atomic mass is 35.5. The number of halogens is 2. The first-order valence-corrected chi connectivity index (χ1v) is 5.93. The molecule has 0 atom stereocenters. The quantitative estimate of drug-likeness (QED) is 0.940. The number of aromatic nitrogens is 3. The molecule has 0 fully saturated rings. The van der Waals surface area contributed by atoms with Crippen LogP contribution in [0.15, 0.2) is 18.2 Å². The van der Waals surface area contributed by atoms with E-state index in [0.29, 0.717) is 11.5 Å². The van der Waals surface area contributed by atoms with Gasteiger partial charge in [0.2, 0.25) is 0 Å². The lowest BCUT2D eigenvalue weighted by Gasteiger charge is -2.08. The molecule has 1 heterocycles. The smallest absolute Gasteiger partial charge is 0.375 e. The molecular weight excluding hydrogens is 273 g/mol. The largest absolute Gasteiger partial charge is 0.475 e. The number of carbonyl (C=O) groups is 1. The van der Waals surface area contributed by atoms with Crippen molar-refractivity contribution < 1.29 is 14.3 Å². The summed E-state index contributed by atoms with van der Waals surface area (Å²) in [6.45, 7) is 3.68. The molecule has 0 bridgehead atoms. The van der Waals surface area contributed by atoms with Crippen LogP contribution in [-0.2, 0) is 0 Å². The van der Waals surface area contributed by atoms with Crippen molar-refractivity contribution in [3.8, 4) is 5.69 Å². The van der Waals surface area contributed by atoms with Crippen molar-refractivity contribution in [2.24, 2.45) is 0 Å². The van der Waals surface area contributed by atoms with Crippen LogP contribution in [-0.4, -0.2) is 25.8 Å².